The van der Waals surface area contributed by atoms with Crippen molar-refractivity contribution < 1.29 is 9.90 Å². The molecule has 1 saturated heterocycles. The van der Waals surface area contributed by atoms with Crippen molar-refractivity contribution in [2.75, 3.05) is 19.6 Å². The molecular weight excluding hydrogens is 405 g/mol. The van der Waals surface area contributed by atoms with Gasteiger partial charge in [-0.1, -0.05) is 72.6 Å². The average molecular weight is 430 g/mol. The smallest absolute Gasteiger partial charge is 0.163 e. The molecule has 1 heterocycles. The summed E-state index contributed by atoms with van der Waals surface area (Å²) in [6, 6.07) is 14.7. The van der Waals surface area contributed by atoms with Crippen LogP contribution < -0.4 is 0 Å². The Labute approximate surface area is 182 Å². The highest BCUT2D eigenvalue weighted by Gasteiger charge is 2.42. The predicted molar refractivity (Wildman–Crippen MR) is 121 cm³/mol. The van der Waals surface area contributed by atoms with E-state index < -0.39 is 11.5 Å². The normalized spacial score (nSPS) is 23.1. The van der Waals surface area contributed by atoms with Crippen LogP contribution in [0.2, 0.25) is 10.0 Å². The van der Waals surface area contributed by atoms with Gasteiger partial charge in [-0.2, -0.15) is 0 Å². The second-order valence-electron chi connectivity index (χ2n) is 7.36. The molecule has 0 spiro atoms. The molecule has 0 unspecified atom stereocenters. The molecular formula is C24H25Cl2NO2. The number of hydrogen-bond acceptors (Lipinski definition) is 3. The van der Waals surface area contributed by atoms with Crippen LogP contribution >= 0.6 is 23.2 Å². The van der Waals surface area contributed by atoms with Gasteiger partial charge >= 0.3 is 0 Å². The molecule has 2 aromatic carbocycles. The Balaban J connectivity index is 1.81. The number of halogens is 2. The molecule has 0 saturated carbocycles. The Morgan fingerprint density at radius 2 is 1.62 bits per heavy atom. The summed E-state index contributed by atoms with van der Waals surface area (Å²) in [5.74, 6) is -0.607. The van der Waals surface area contributed by atoms with E-state index in [1.165, 1.54) is 0 Å². The molecule has 2 aromatic rings. The lowest BCUT2D eigenvalue weighted by atomic mass is 9.77. The first-order valence-corrected chi connectivity index (χ1v) is 10.5. The average Bonchev–Trinajstić information content (AvgIpc) is 2.73. The van der Waals surface area contributed by atoms with E-state index in [1.54, 1.807) is 30.4 Å². The van der Waals surface area contributed by atoms with Gasteiger partial charge < -0.3 is 10.0 Å². The lowest BCUT2D eigenvalue weighted by Gasteiger charge is -2.41. The number of aliphatic hydroxyl groups is 1. The van der Waals surface area contributed by atoms with Crippen molar-refractivity contribution in [2.24, 2.45) is 5.92 Å². The molecule has 3 nitrogen and oxygen atoms in total. The predicted octanol–water partition coefficient (Wildman–Crippen LogP) is 5.36. The van der Waals surface area contributed by atoms with Crippen molar-refractivity contribution in [1.29, 1.82) is 0 Å². The van der Waals surface area contributed by atoms with Gasteiger partial charge in [0.25, 0.3) is 0 Å². The maximum absolute atomic E-state index is 13.0. The number of piperidine rings is 1. The highest BCUT2D eigenvalue weighted by Crippen LogP contribution is 2.31. The third kappa shape index (κ3) is 5.80. The van der Waals surface area contributed by atoms with Crippen LogP contribution in [-0.4, -0.2) is 41.0 Å². The van der Waals surface area contributed by atoms with Crippen LogP contribution in [0.3, 0.4) is 0 Å². The molecule has 1 N–H and O–H groups in total. The molecule has 1 aliphatic rings. The van der Waals surface area contributed by atoms with Crippen molar-refractivity contribution in [3.05, 3.63) is 81.9 Å². The van der Waals surface area contributed by atoms with Gasteiger partial charge in [0, 0.05) is 23.1 Å². The van der Waals surface area contributed by atoms with Crippen molar-refractivity contribution in [2.45, 2.75) is 18.9 Å². The van der Waals surface area contributed by atoms with Gasteiger partial charge in [0.2, 0.25) is 0 Å². The number of nitrogens with zero attached hydrogens (tertiary/aromatic N) is 1. The molecule has 5 heteroatoms. The number of likely N-dealkylation sites (tertiary alicyclic amines) is 1. The number of carbonyl (C=O) groups is 1. The number of rotatable bonds is 6. The largest absolute Gasteiger partial charge is 0.385 e. The van der Waals surface area contributed by atoms with Crippen LogP contribution in [0, 0.1) is 5.92 Å². The minimum atomic E-state index is -1.19. The molecule has 0 bridgehead atoms. The third-order valence-electron chi connectivity index (χ3n) is 5.41. The van der Waals surface area contributed by atoms with E-state index in [0.29, 0.717) is 23.0 Å². The summed E-state index contributed by atoms with van der Waals surface area (Å²) in [4.78, 5) is 15.2. The number of benzene rings is 2. The fourth-order valence-electron chi connectivity index (χ4n) is 3.52. The number of carbonyl (C=O) groups excluding carboxylic acids is 1. The molecule has 1 aliphatic heterocycles. The fourth-order valence-corrected chi connectivity index (χ4v) is 3.78. The second-order valence-corrected chi connectivity index (χ2v) is 8.23. The Hall–Kier alpha value is -1.91. The van der Waals surface area contributed by atoms with Gasteiger partial charge in [0.15, 0.2) is 5.78 Å². The van der Waals surface area contributed by atoms with Gasteiger partial charge in [-0.3, -0.25) is 4.79 Å². The minimum Gasteiger partial charge on any atom is -0.385 e. The monoisotopic (exact) mass is 429 g/mol. The van der Waals surface area contributed by atoms with Gasteiger partial charge in [-0.15, -0.1) is 0 Å². The first kappa shape index (κ1) is 21.8. The van der Waals surface area contributed by atoms with Gasteiger partial charge in [0.1, 0.15) is 0 Å². The summed E-state index contributed by atoms with van der Waals surface area (Å²) >= 11 is 11.9. The Morgan fingerprint density at radius 1 is 1.07 bits per heavy atom. The summed E-state index contributed by atoms with van der Waals surface area (Å²) in [6.45, 7) is 4.20. The summed E-state index contributed by atoms with van der Waals surface area (Å²) in [6.07, 6.45) is 7.47. The van der Waals surface area contributed by atoms with Crippen molar-refractivity contribution in [3.63, 3.8) is 0 Å². The highest BCUT2D eigenvalue weighted by molar-refractivity contribution is 6.30. The molecule has 0 aliphatic carbocycles. The number of allylic oxidation sites excluding steroid dienone is 1. The number of ketones is 1. The maximum atomic E-state index is 13.0. The SMILES string of the molecule is CCN1CC[C@](O)(/C=C/c2ccc(Cl)cc2)[C@H](C(=O)/C=C\c2ccc(Cl)cc2)C1. The molecule has 29 heavy (non-hydrogen) atoms. The molecule has 3 rings (SSSR count). The van der Waals surface area contributed by atoms with E-state index in [9.17, 15) is 9.90 Å². The zero-order chi connectivity index (χ0) is 20.9. The molecule has 0 aromatic heterocycles. The third-order valence-corrected chi connectivity index (χ3v) is 5.91. The van der Waals surface area contributed by atoms with E-state index in [2.05, 4.69) is 11.8 Å². The zero-order valence-corrected chi connectivity index (χ0v) is 17.9. The van der Waals surface area contributed by atoms with Crippen molar-refractivity contribution >= 4 is 41.1 Å². The first-order chi connectivity index (χ1) is 13.9. The minimum absolute atomic E-state index is 0.0821. The first-order valence-electron chi connectivity index (χ1n) is 9.76. The quantitative estimate of drug-likeness (QED) is 0.627. The van der Waals surface area contributed by atoms with E-state index in [1.807, 2.05) is 42.5 Å². The van der Waals surface area contributed by atoms with Crippen molar-refractivity contribution in [1.82, 2.24) is 4.90 Å². The molecule has 0 radical (unpaired) electrons. The van der Waals surface area contributed by atoms with Crippen LogP contribution in [0.5, 0.6) is 0 Å². The summed E-state index contributed by atoms with van der Waals surface area (Å²) in [5.41, 5.74) is 0.641. The summed E-state index contributed by atoms with van der Waals surface area (Å²) < 4.78 is 0. The van der Waals surface area contributed by atoms with Gasteiger partial charge in [0.05, 0.1) is 11.5 Å². The van der Waals surface area contributed by atoms with E-state index in [4.69, 9.17) is 23.2 Å². The molecule has 2 atom stereocenters. The van der Waals surface area contributed by atoms with E-state index >= 15 is 0 Å². The Morgan fingerprint density at radius 3 is 2.17 bits per heavy atom. The lowest BCUT2D eigenvalue weighted by Crippen LogP contribution is -2.53. The van der Waals surface area contributed by atoms with E-state index in [0.717, 1.165) is 24.2 Å². The highest BCUT2D eigenvalue weighted by atomic mass is 35.5. The zero-order valence-electron chi connectivity index (χ0n) is 16.4. The van der Waals surface area contributed by atoms with Gasteiger partial charge in [-0.05, 0) is 54.4 Å². The van der Waals surface area contributed by atoms with Crippen LogP contribution in [0.15, 0.2) is 60.7 Å². The lowest BCUT2D eigenvalue weighted by molar-refractivity contribution is -0.129. The summed E-state index contributed by atoms with van der Waals surface area (Å²) in [5, 5.41) is 12.7. The molecule has 0 amide bonds. The number of hydrogen-bond donors (Lipinski definition) is 1. The summed E-state index contributed by atoms with van der Waals surface area (Å²) in [7, 11) is 0. The van der Waals surface area contributed by atoms with Crippen LogP contribution in [0.1, 0.15) is 24.5 Å². The van der Waals surface area contributed by atoms with E-state index in [-0.39, 0.29) is 5.78 Å². The topological polar surface area (TPSA) is 40.5 Å². The fraction of sp³-hybridized carbons (Fsp3) is 0.292. The Kier molecular flexibility index (Phi) is 7.31. The molecule has 152 valence electrons. The van der Waals surface area contributed by atoms with Crippen LogP contribution in [-0.2, 0) is 4.79 Å². The van der Waals surface area contributed by atoms with Gasteiger partial charge in [-0.25, -0.2) is 0 Å². The molecule has 1 fully saturated rings. The van der Waals surface area contributed by atoms with Crippen LogP contribution in [0.25, 0.3) is 12.2 Å². The standard InChI is InChI=1S/C24H25Cl2NO2/c1-2-27-16-15-24(29,14-13-19-5-10-21(26)11-6-19)22(17-27)23(28)12-7-18-3-8-20(25)9-4-18/h3-14,22,29H,2,15-17H2,1H3/b12-7-,14-13+/t22-,24+/m0/s1. The maximum Gasteiger partial charge on any atom is 0.163 e. The Bertz CT molecular complexity index is 890. The second kappa shape index (κ2) is 9.73. The van der Waals surface area contributed by atoms with Crippen molar-refractivity contribution in [3.8, 4) is 0 Å². The van der Waals surface area contributed by atoms with Crippen LogP contribution in [0.4, 0.5) is 0 Å².